The summed E-state index contributed by atoms with van der Waals surface area (Å²) in [7, 11) is 0. The first-order valence-electron chi connectivity index (χ1n) is 10.0. The Balaban J connectivity index is 1.20. The van der Waals surface area contributed by atoms with Crippen molar-refractivity contribution >= 4 is 16.8 Å². The predicted molar refractivity (Wildman–Crippen MR) is 112 cm³/mol. The maximum atomic E-state index is 12.4. The van der Waals surface area contributed by atoms with Gasteiger partial charge in [-0.25, -0.2) is 0 Å². The molecule has 1 aromatic heterocycles. The lowest BCUT2D eigenvalue weighted by Gasteiger charge is -2.32. The van der Waals surface area contributed by atoms with E-state index in [0.717, 1.165) is 36.5 Å². The standard InChI is InChI=1S/C23H27N3O2/c27-20-6-7-21-19(15-20)16-22(25-21)23(28)24-10-13-26-11-8-18(9-12-26)14-17-4-2-1-3-5-17/h1-7,15-16,18,25,27H,8-14H2,(H,24,28). The number of likely N-dealkylation sites (tertiary alicyclic amines) is 1. The van der Waals surface area contributed by atoms with Crippen LogP contribution in [0.1, 0.15) is 28.9 Å². The highest BCUT2D eigenvalue weighted by Crippen LogP contribution is 2.22. The topological polar surface area (TPSA) is 68.4 Å². The summed E-state index contributed by atoms with van der Waals surface area (Å²) in [4.78, 5) is 17.9. The normalized spacial score (nSPS) is 15.7. The van der Waals surface area contributed by atoms with Crippen molar-refractivity contribution in [2.45, 2.75) is 19.3 Å². The number of aromatic hydroxyl groups is 1. The second-order valence-electron chi connectivity index (χ2n) is 7.69. The first-order chi connectivity index (χ1) is 13.7. The van der Waals surface area contributed by atoms with E-state index in [9.17, 15) is 9.90 Å². The fourth-order valence-corrected chi connectivity index (χ4v) is 4.03. The van der Waals surface area contributed by atoms with Crippen molar-refractivity contribution in [3.63, 3.8) is 0 Å². The Bertz CT molecular complexity index is 927. The number of hydrogen-bond acceptors (Lipinski definition) is 3. The van der Waals surface area contributed by atoms with Gasteiger partial charge in [-0.15, -0.1) is 0 Å². The molecule has 3 N–H and O–H groups in total. The molecule has 3 aromatic rings. The average molecular weight is 377 g/mol. The van der Waals surface area contributed by atoms with E-state index in [1.54, 1.807) is 24.3 Å². The van der Waals surface area contributed by atoms with E-state index in [-0.39, 0.29) is 11.7 Å². The highest BCUT2D eigenvalue weighted by molar-refractivity contribution is 5.98. The van der Waals surface area contributed by atoms with Crippen molar-refractivity contribution in [3.8, 4) is 5.75 Å². The van der Waals surface area contributed by atoms with E-state index in [2.05, 4.69) is 45.5 Å². The third-order valence-corrected chi connectivity index (χ3v) is 5.64. The van der Waals surface area contributed by atoms with Gasteiger partial charge in [-0.1, -0.05) is 30.3 Å². The summed E-state index contributed by atoms with van der Waals surface area (Å²) in [5.74, 6) is 0.861. The number of piperidine rings is 1. The molecule has 1 aliphatic heterocycles. The summed E-state index contributed by atoms with van der Waals surface area (Å²) >= 11 is 0. The first-order valence-corrected chi connectivity index (χ1v) is 10.0. The van der Waals surface area contributed by atoms with Crippen molar-refractivity contribution in [2.24, 2.45) is 5.92 Å². The third kappa shape index (κ3) is 4.54. The molecular weight excluding hydrogens is 350 g/mol. The number of benzene rings is 2. The molecule has 0 spiro atoms. The second-order valence-corrected chi connectivity index (χ2v) is 7.69. The van der Waals surface area contributed by atoms with Gasteiger partial charge in [0.15, 0.2) is 0 Å². The monoisotopic (exact) mass is 377 g/mol. The van der Waals surface area contributed by atoms with Crippen molar-refractivity contribution < 1.29 is 9.90 Å². The molecule has 0 aliphatic carbocycles. The molecule has 0 saturated carbocycles. The Morgan fingerprint density at radius 2 is 1.89 bits per heavy atom. The van der Waals surface area contributed by atoms with Crippen LogP contribution < -0.4 is 5.32 Å². The van der Waals surface area contributed by atoms with Crippen LogP contribution in [0, 0.1) is 5.92 Å². The number of fused-ring (bicyclic) bond motifs is 1. The summed E-state index contributed by atoms with van der Waals surface area (Å²) in [6.07, 6.45) is 3.60. The Labute approximate surface area is 165 Å². The Morgan fingerprint density at radius 1 is 1.11 bits per heavy atom. The maximum Gasteiger partial charge on any atom is 0.267 e. The van der Waals surface area contributed by atoms with E-state index in [1.807, 2.05) is 0 Å². The highest BCUT2D eigenvalue weighted by Gasteiger charge is 2.19. The van der Waals surface area contributed by atoms with Gasteiger partial charge in [0.1, 0.15) is 11.4 Å². The third-order valence-electron chi connectivity index (χ3n) is 5.64. The number of phenolic OH excluding ortho intramolecular Hbond substituents is 1. The first kappa shape index (κ1) is 18.6. The van der Waals surface area contributed by atoms with Crippen LogP contribution in [0.5, 0.6) is 5.75 Å². The lowest BCUT2D eigenvalue weighted by Crippen LogP contribution is -2.40. The minimum atomic E-state index is -0.102. The summed E-state index contributed by atoms with van der Waals surface area (Å²) in [5.41, 5.74) is 2.81. The number of phenols is 1. The molecule has 0 atom stereocenters. The van der Waals surface area contributed by atoms with Crippen LogP contribution in [0.4, 0.5) is 0 Å². The van der Waals surface area contributed by atoms with Gasteiger partial charge in [-0.05, 0) is 68.1 Å². The lowest BCUT2D eigenvalue weighted by molar-refractivity contribution is 0.0940. The Morgan fingerprint density at radius 3 is 2.68 bits per heavy atom. The number of nitrogens with one attached hydrogen (secondary N) is 2. The van der Waals surface area contributed by atoms with Gasteiger partial charge in [-0.3, -0.25) is 4.79 Å². The van der Waals surface area contributed by atoms with Gasteiger partial charge in [0.05, 0.1) is 0 Å². The Hall–Kier alpha value is -2.79. The molecule has 0 bridgehead atoms. The van der Waals surface area contributed by atoms with Crippen molar-refractivity contribution in [1.82, 2.24) is 15.2 Å². The number of H-pyrrole nitrogens is 1. The van der Waals surface area contributed by atoms with Crippen LogP contribution in [-0.2, 0) is 6.42 Å². The van der Waals surface area contributed by atoms with Gasteiger partial charge in [0, 0.05) is 24.0 Å². The number of carbonyl (C=O) groups excluding carboxylic acids is 1. The number of aromatic nitrogens is 1. The summed E-state index contributed by atoms with van der Waals surface area (Å²) in [6.45, 7) is 3.71. The number of hydrogen-bond donors (Lipinski definition) is 3. The largest absolute Gasteiger partial charge is 0.508 e. The molecule has 2 aromatic carbocycles. The highest BCUT2D eigenvalue weighted by atomic mass is 16.3. The SMILES string of the molecule is O=C(NCCN1CCC(Cc2ccccc2)CC1)c1cc2cc(O)ccc2[nH]1. The minimum Gasteiger partial charge on any atom is -0.508 e. The molecule has 2 heterocycles. The molecule has 4 rings (SSSR count). The molecule has 0 unspecified atom stereocenters. The molecule has 1 amide bonds. The van der Waals surface area contributed by atoms with Crippen LogP contribution in [0.15, 0.2) is 54.6 Å². The number of aromatic amines is 1. The fraction of sp³-hybridized carbons (Fsp3) is 0.348. The fourth-order valence-electron chi connectivity index (χ4n) is 4.03. The van der Waals surface area contributed by atoms with Gasteiger partial charge >= 0.3 is 0 Å². The maximum absolute atomic E-state index is 12.4. The van der Waals surface area contributed by atoms with Gasteiger partial charge in [0.25, 0.3) is 5.91 Å². The number of nitrogens with zero attached hydrogens (tertiary/aromatic N) is 1. The molecule has 146 valence electrons. The lowest BCUT2D eigenvalue weighted by atomic mass is 9.90. The second kappa shape index (κ2) is 8.48. The van der Waals surface area contributed by atoms with Crippen molar-refractivity contribution in [2.75, 3.05) is 26.2 Å². The zero-order valence-electron chi connectivity index (χ0n) is 16.0. The van der Waals surface area contributed by atoms with Crippen LogP contribution >= 0.6 is 0 Å². The summed E-state index contributed by atoms with van der Waals surface area (Å²) in [6, 6.07) is 17.6. The van der Waals surface area contributed by atoms with Crippen LogP contribution in [0.3, 0.4) is 0 Å². The summed E-state index contributed by atoms with van der Waals surface area (Å²) in [5, 5.41) is 13.4. The molecular formula is C23H27N3O2. The zero-order valence-corrected chi connectivity index (χ0v) is 16.0. The van der Waals surface area contributed by atoms with Crippen LogP contribution in [0.25, 0.3) is 10.9 Å². The quantitative estimate of drug-likeness (QED) is 0.615. The molecule has 5 nitrogen and oxygen atoms in total. The van der Waals surface area contributed by atoms with E-state index < -0.39 is 0 Å². The zero-order chi connectivity index (χ0) is 19.3. The molecule has 28 heavy (non-hydrogen) atoms. The van der Waals surface area contributed by atoms with Crippen molar-refractivity contribution in [3.05, 3.63) is 65.9 Å². The number of rotatable bonds is 6. The summed E-state index contributed by atoms with van der Waals surface area (Å²) < 4.78 is 0. The smallest absolute Gasteiger partial charge is 0.267 e. The number of amides is 1. The van der Waals surface area contributed by atoms with E-state index in [4.69, 9.17) is 0 Å². The average Bonchev–Trinajstić information content (AvgIpc) is 3.13. The van der Waals surface area contributed by atoms with Gasteiger partial charge in [0.2, 0.25) is 0 Å². The molecule has 5 heteroatoms. The number of carbonyl (C=O) groups is 1. The van der Waals surface area contributed by atoms with E-state index >= 15 is 0 Å². The van der Waals surface area contributed by atoms with Gasteiger partial charge in [-0.2, -0.15) is 0 Å². The minimum absolute atomic E-state index is 0.102. The van der Waals surface area contributed by atoms with E-state index in [1.165, 1.54) is 24.8 Å². The van der Waals surface area contributed by atoms with Crippen LogP contribution in [-0.4, -0.2) is 47.1 Å². The molecule has 0 radical (unpaired) electrons. The van der Waals surface area contributed by atoms with Gasteiger partial charge < -0.3 is 20.3 Å². The Kier molecular flexibility index (Phi) is 5.63. The molecule has 1 fully saturated rings. The van der Waals surface area contributed by atoms with E-state index in [0.29, 0.717) is 12.2 Å². The van der Waals surface area contributed by atoms with Crippen LogP contribution in [0.2, 0.25) is 0 Å². The molecule has 1 saturated heterocycles. The predicted octanol–water partition coefficient (Wildman–Crippen LogP) is 3.56. The molecule has 1 aliphatic rings. The van der Waals surface area contributed by atoms with Crippen molar-refractivity contribution in [1.29, 1.82) is 0 Å².